The lowest BCUT2D eigenvalue weighted by molar-refractivity contribution is 0.392. The Morgan fingerprint density at radius 2 is 2.10 bits per heavy atom. The summed E-state index contributed by atoms with van der Waals surface area (Å²) in [5, 5.41) is 3.73. The third-order valence-electron chi connectivity index (χ3n) is 1.39. The quantitative estimate of drug-likeness (QED) is 0.675. The minimum atomic E-state index is 0. The Hall–Kier alpha value is -0.540. The smallest absolute Gasteiger partial charge is 0.138 e. The van der Waals surface area contributed by atoms with Crippen LogP contribution in [0.4, 0.5) is 0 Å². The highest BCUT2D eigenvalue weighted by Crippen LogP contribution is 2.09. The second-order valence-corrected chi connectivity index (χ2v) is 2.01. The Labute approximate surface area is 66.0 Å². The molecule has 0 aliphatic rings. The molecule has 1 aromatic rings. The molecule has 0 unspecified atom stereocenters. The van der Waals surface area contributed by atoms with E-state index in [-0.39, 0.29) is 12.4 Å². The van der Waals surface area contributed by atoms with Crippen molar-refractivity contribution in [2.24, 2.45) is 5.73 Å². The molecule has 2 N–H and O–H groups in total. The number of rotatable bonds is 1. The molecule has 0 spiro atoms. The number of hydrogen-bond acceptors (Lipinski definition) is 3. The number of aryl methyl sites for hydroxylation is 2. The molecule has 58 valence electrons. The molecule has 1 rings (SSSR count). The average Bonchev–Trinajstić information content (AvgIpc) is 2.12. The molecule has 10 heavy (non-hydrogen) atoms. The largest absolute Gasteiger partial charge is 0.361 e. The summed E-state index contributed by atoms with van der Waals surface area (Å²) >= 11 is 0. The maximum absolute atomic E-state index is 5.40. The third-order valence-corrected chi connectivity index (χ3v) is 1.39. The molecule has 1 heterocycles. The second kappa shape index (κ2) is 3.58. The van der Waals surface area contributed by atoms with E-state index in [1.165, 1.54) is 0 Å². The number of hydrogen-bond donors (Lipinski definition) is 1. The van der Waals surface area contributed by atoms with Gasteiger partial charge in [0.15, 0.2) is 0 Å². The number of halogens is 1. The zero-order valence-electron chi connectivity index (χ0n) is 6.05. The molecule has 0 saturated heterocycles. The van der Waals surface area contributed by atoms with E-state index < -0.39 is 0 Å². The molecule has 0 amide bonds. The topological polar surface area (TPSA) is 52.0 Å². The zero-order chi connectivity index (χ0) is 6.85. The molecular weight excluding hydrogens is 152 g/mol. The van der Waals surface area contributed by atoms with E-state index in [4.69, 9.17) is 10.3 Å². The minimum absolute atomic E-state index is 0. The summed E-state index contributed by atoms with van der Waals surface area (Å²) < 4.78 is 4.86. The highest BCUT2D eigenvalue weighted by atomic mass is 35.5. The summed E-state index contributed by atoms with van der Waals surface area (Å²) in [6.07, 6.45) is 0. The first-order valence-electron chi connectivity index (χ1n) is 2.87. The normalized spacial score (nSPS) is 9.10. The minimum Gasteiger partial charge on any atom is -0.361 e. The summed E-state index contributed by atoms with van der Waals surface area (Å²) in [6, 6.07) is 0. The van der Waals surface area contributed by atoms with Crippen LogP contribution in [0.3, 0.4) is 0 Å². The molecule has 0 bridgehead atoms. The van der Waals surface area contributed by atoms with Crippen LogP contribution >= 0.6 is 12.4 Å². The van der Waals surface area contributed by atoms with E-state index in [0.717, 1.165) is 17.0 Å². The van der Waals surface area contributed by atoms with Crippen molar-refractivity contribution in [2.75, 3.05) is 0 Å². The Morgan fingerprint density at radius 1 is 1.50 bits per heavy atom. The van der Waals surface area contributed by atoms with Crippen LogP contribution in [0.25, 0.3) is 0 Å². The first kappa shape index (κ1) is 9.46. The molecule has 0 aliphatic heterocycles. The van der Waals surface area contributed by atoms with E-state index in [9.17, 15) is 0 Å². The molecule has 0 atom stereocenters. The van der Waals surface area contributed by atoms with Crippen molar-refractivity contribution >= 4 is 12.4 Å². The van der Waals surface area contributed by atoms with Gasteiger partial charge in [0.25, 0.3) is 0 Å². The van der Waals surface area contributed by atoms with Crippen LogP contribution in [0.1, 0.15) is 17.0 Å². The van der Waals surface area contributed by atoms with Crippen LogP contribution in [0.5, 0.6) is 0 Å². The van der Waals surface area contributed by atoms with Crippen LogP contribution in [-0.4, -0.2) is 5.16 Å². The zero-order valence-corrected chi connectivity index (χ0v) is 6.86. The molecule has 0 saturated carbocycles. The highest BCUT2D eigenvalue weighted by molar-refractivity contribution is 5.85. The molecular formula is C6H11ClN2O. The van der Waals surface area contributed by atoms with Crippen LogP contribution in [-0.2, 0) is 6.54 Å². The van der Waals surface area contributed by atoms with E-state index in [1.54, 1.807) is 0 Å². The predicted molar refractivity (Wildman–Crippen MR) is 41.1 cm³/mol. The van der Waals surface area contributed by atoms with Crippen LogP contribution in [0.15, 0.2) is 4.52 Å². The molecule has 0 aromatic carbocycles. The summed E-state index contributed by atoms with van der Waals surface area (Å²) in [6.45, 7) is 4.27. The van der Waals surface area contributed by atoms with Gasteiger partial charge in [-0.3, -0.25) is 0 Å². The fraction of sp³-hybridized carbons (Fsp3) is 0.500. The number of nitrogens with zero attached hydrogens (tertiary/aromatic N) is 1. The van der Waals surface area contributed by atoms with Crippen molar-refractivity contribution in [1.82, 2.24) is 5.16 Å². The third kappa shape index (κ3) is 1.49. The summed E-state index contributed by atoms with van der Waals surface area (Å²) in [5.74, 6) is 0.829. The van der Waals surface area contributed by atoms with E-state index >= 15 is 0 Å². The Morgan fingerprint density at radius 3 is 2.30 bits per heavy atom. The van der Waals surface area contributed by atoms with Gasteiger partial charge < -0.3 is 10.3 Å². The lowest BCUT2D eigenvalue weighted by Gasteiger charge is -1.88. The standard InChI is InChI=1S/C6H10N2O.ClH/c1-4-6(3-7)5(2)9-8-4;/h3,7H2,1-2H3;1H. The monoisotopic (exact) mass is 162 g/mol. The molecule has 3 nitrogen and oxygen atoms in total. The predicted octanol–water partition coefficient (Wildman–Crippen LogP) is 1.17. The van der Waals surface area contributed by atoms with Crippen LogP contribution in [0.2, 0.25) is 0 Å². The van der Waals surface area contributed by atoms with Crippen LogP contribution in [0, 0.1) is 13.8 Å². The lowest BCUT2D eigenvalue weighted by Crippen LogP contribution is -1.97. The first-order valence-corrected chi connectivity index (χ1v) is 2.87. The highest BCUT2D eigenvalue weighted by Gasteiger charge is 2.04. The van der Waals surface area contributed by atoms with Crippen molar-refractivity contribution in [2.45, 2.75) is 20.4 Å². The summed E-state index contributed by atoms with van der Waals surface area (Å²) in [5.41, 5.74) is 7.32. The van der Waals surface area contributed by atoms with E-state index in [2.05, 4.69) is 5.16 Å². The molecule has 0 aliphatic carbocycles. The van der Waals surface area contributed by atoms with Crippen molar-refractivity contribution in [1.29, 1.82) is 0 Å². The summed E-state index contributed by atoms with van der Waals surface area (Å²) in [4.78, 5) is 0. The number of nitrogens with two attached hydrogens (primary N) is 1. The van der Waals surface area contributed by atoms with Gasteiger partial charge in [0.1, 0.15) is 5.76 Å². The van der Waals surface area contributed by atoms with Crippen molar-refractivity contribution in [3.05, 3.63) is 17.0 Å². The van der Waals surface area contributed by atoms with Gasteiger partial charge in [-0.05, 0) is 13.8 Å². The lowest BCUT2D eigenvalue weighted by atomic mass is 10.2. The SMILES string of the molecule is Cc1noc(C)c1CN.Cl. The van der Waals surface area contributed by atoms with Gasteiger partial charge in [0.2, 0.25) is 0 Å². The van der Waals surface area contributed by atoms with Gasteiger partial charge in [-0.2, -0.15) is 0 Å². The first-order chi connectivity index (χ1) is 4.25. The number of aromatic nitrogens is 1. The van der Waals surface area contributed by atoms with Gasteiger partial charge in [-0.15, -0.1) is 12.4 Å². The van der Waals surface area contributed by atoms with Crippen molar-refractivity contribution in [3.8, 4) is 0 Å². The van der Waals surface area contributed by atoms with E-state index in [0.29, 0.717) is 6.54 Å². The second-order valence-electron chi connectivity index (χ2n) is 2.01. The Balaban J connectivity index is 0.000000810. The maximum Gasteiger partial charge on any atom is 0.138 e. The van der Waals surface area contributed by atoms with Gasteiger partial charge >= 0.3 is 0 Å². The van der Waals surface area contributed by atoms with Gasteiger partial charge in [0.05, 0.1) is 5.69 Å². The molecule has 0 fully saturated rings. The Kier molecular flexibility index (Phi) is 3.39. The Bertz CT molecular complexity index is 190. The van der Waals surface area contributed by atoms with Gasteiger partial charge in [0, 0.05) is 12.1 Å². The average molecular weight is 163 g/mol. The van der Waals surface area contributed by atoms with E-state index in [1.807, 2.05) is 13.8 Å². The van der Waals surface area contributed by atoms with Gasteiger partial charge in [-0.1, -0.05) is 5.16 Å². The molecule has 4 heteroatoms. The van der Waals surface area contributed by atoms with Crippen molar-refractivity contribution in [3.63, 3.8) is 0 Å². The summed E-state index contributed by atoms with van der Waals surface area (Å²) in [7, 11) is 0. The van der Waals surface area contributed by atoms with Crippen molar-refractivity contribution < 1.29 is 4.52 Å². The van der Waals surface area contributed by atoms with Crippen LogP contribution < -0.4 is 5.73 Å². The fourth-order valence-electron chi connectivity index (χ4n) is 0.793. The molecule has 0 radical (unpaired) electrons. The maximum atomic E-state index is 5.40. The van der Waals surface area contributed by atoms with Gasteiger partial charge in [-0.25, -0.2) is 0 Å². The fourth-order valence-corrected chi connectivity index (χ4v) is 0.793. The molecule has 1 aromatic heterocycles.